The van der Waals surface area contributed by atoms with Crippen LogP contribution in [-0.2, 0) is 4.74 Å². The molecule has 0 bridgehead atoms. The van der Waals surface area contributed by atoms with Crippen molar-refractivity contribution in [1.82, 2.24) is 0 Å². The molecule has 0 saturated heterocycles. The summed E-state index contributed by atoms with van der Waals surface area (Å²) in [5.74, 6) is 1.08. The van der Waals surface area contributed by atoms with E-state index in [0.29, 0.717) is 24.0 Å². The molecule has 0 aromatic heterocycles. The van der Waals surface area contributed by atoms with E-state index in [4.69, 9.17) is 9.84 Å². The van der Waals surface area contributed by atoms with Crippen molar-refractivity contribution in [1.29, 1.82) is 0 Å². The van der Waals surface area contributed by atoms with Crippen molar-refractivity contribution in [2.24, 2.45) is 26.3 Å². The van der Waals surface area contributed by atoms with Gasteiger partial charge in [0.25, 0.3) is 0 Å². The van der Waals surface area contributed by atoms with Crippen LogP contribution >= 0.6 is 0 Å². The predicted molar refractivity (Wildman–Crippen MR) is 152 cm³/mol. The minimum atomic E-state index is 0.384. The van der Waals surface area contributed by atoms with Gasteiger partial charge in [-0.05, 0) is 73.1 Å². The van der Waals surface area contributed by atoms with E-state index >= 15 is 0 Å². The number of fused-ring (bicyclic) bond motifs is 2. The number of ether oxygens (including phenoxy) is 1. The van der Waals surface area contributed by atoms with Gasteiger partial charge in [-0.25, -0.2) is 4.58 Å². The second-order valence-electron chi connectivity index (χ2n) is 9.86. The second-order valence-corrected chi connectivity index (χ2v) is 9.86. The number of unbranched alkanes of at least 4 members (excludes halogenated alkanes) is 1. The number of hydrogen-bond acceptors (Lipinski definition) is 5. The van der Waals surface area contributed by atoms with Crippen LogP contribution in [0.5, 0.6) is 0 Å². The van der Waals surface area contributed by atoms with Crippen LogP contribution < -0.4 is 0 Å². The normalized spacial score (nSPS) is 22.9. The Morgan fingerprint density at radius 2 is 1.78 bits per heavy atom. The van der Waals surface area contributed by atoms with Gasteiger partial charge in [0.2, 0.25) is 0 Å². The lowest BCUT2D eigenvalue weighted by atomic mass is 9.86. The average Bonchev–Trinajstić information content (AvgIpc) is 2.85. The van der Waals surface area contributed by atoms with Crippen LogP contribution in [0.2, 0.25) is 0 Å². The fourth-order valence-electron chi connectivity index (χ4n) is 4.39. The number of allylic oxidation sites excluding steroid dienone is 12. The van der Waals surface area contributed by atoms with Gasteiger partial charge in [0, 0.05) is 18.2 Å². The molecular weight excluding hydrogens is 446 g/mol. The second kappa shape index (κ2) is 11.4. The van der Waals surface area contributed by atoms with E-state index in [2.05, 4.69) is 66.6 Å². The molecule has 0 spiro atoms. The third kappa shape index (κ3) is 6.11. The molecule has 0 amide bonds. The Hall–Kier alpha value is -3.67. The topological polar surface area (TPSA) is 61.7 Å². The molecule has 36 heavy (non-hydrogen) atoms. The molecule has 3 aliphatic carbocycles. The maximum atomic E-state index is 6.39. The van der Waals surface area contributed by atoms with Gasteiger partial charge in [-0.3, -0.25) is 0 Å². The van der Waals surface area contributed by atoms with Crippen LogP contribution in [0.4, 0.5) is 0 Å². The van der Waals surface area contributed by atoms with Gasteiger partial charge in [-0.1, -0.05) is 38.5 Å². The summed E-state index contributed by atoms with van der Waals surface area (Å²) in [5, 5.41) is 18.3. The molecule has 1 heterocycles. The van der Waals surface area contributed by atoms with Crippen molar-refractivity contribution < 1.29 is 9.31 Å². The van der Waals surface area contributed by atoms with E-state index in [1.807, 2.05) is 43.4 Å². The zero-order valence-corrected chi connectivity index (χ0v) is 22.1. The lowest BCUT2D eigenvalue weighted by Gasteiger charge is -2.24. The maximum absolute atomic E-state index is 6.39. The first kappa shape index (κ1) is 25.4. The van der Waals surface area contributed by atoms with Crippen LogP contribution in [0, 0.1) is 5.92 Å². The molecule has 6 nitrogen and oxygen atoms in total. The highest BCUT2D eigenvalue weighted by atomic mass is 16.5. The largest absolute Gasteiger partial charge is 0.491 e. The smallest absolute Gasteiger partial charge is 0.200 e. The molecule has 4 aliphatic rings. The SMILES string of the molecule is C=C1C=CC(=NN=C2C=C3OCC(CCCC)CC4=CC(=[N+](C)C)C=C(C)C4=NN=C3C=C2C)C=C1. The van der Waals surface area contributed by atoms with Gasteiger partial charge < -0.3 is 4.74 Å². The molecule has 0 saturated carbocycles. The van der Waals surface area contributed by atoms with Gasteiger partial charge in [-0.2, -0.15) is 10.2 Å². The number of hydrogen-bond donors (Lipinski definition) is 0. The third-order valence-electron chi connectivity index (χ3n) is 6.57. The molecule has 0 radical (unpaired) electrons. The van der Waals surface area contributed by atoms with Crippen LogP contribution in [0.15, 0.2) is 104 Å². The molecule has 0 aromatic rings. The molecule has 0 N–H and O–H groups in total. The highest BCUT2D eigenvalue weighted by Crippen LogP contribution is 2.28. The molecule has 0 aromatic carbocycles. The summed E-state index contributed by atoms with van der Waals surface area (Å²) >= 11 is 0. The van der Waals surface area contributed by atoms with Crippen molar-refractivity contribution in [2.45, 2.75) is 46.5 Å². The highest BCUT2D eigenvalue weighted by molar-refractivity contribution is 6.24. The number of rotatable bonds is 4. The quantitative estimate of drug-likeness (QED) is 0.278. The summed E-state index contributed by atoms with van der Waals surface area (Å²) in [6.45, 7) is 10.9. The Labute approximate surface area is 214 Å². The van der Waals surface area contributed by atoms with Crippen molar-refractivity contribution >= 4 is 28.6 Å². The first-order valence-electron chi connectivity index (χ1n) is 12.7. The standard InChI is InChI=1S/C30H36N5O/c1-7-8-9-23-16-24-17-26(35(5)6)14-22(4)30(24)34-33-28-15-21(3)27(18-29(28)36-19-23)32-31-25-12-10-20(2)11-13-25/h10-15,17-18,23H,2,7-9,16,19H2,1,3-6H3/q+1. The van der Waals surface area contributed by atoms with Gasteiger partial charge >= 0.3 is 0 Å². The first-order chi connectivity index (χ1) is 17.3. The summed E-state index contributed by atoms with van der Waals surface area (Å²) in [4.78, 5) is 0. The predicted octanol–water partition coefficient (Wildman–Crippen LogP) is 5.93. The fraction of sp³-hybridized carbons (Fsp3) is 0.367. The molecule has 186 valence electrons. The summed E-state index contributed by atoms with van der Waals surface area (Å²) in [6.07, 6.45) is 20.4. The molecule has 0 fully saturated rings. The van der Waals surface area contributed by atoms with Crippen LogP contribution in [-0.4, -0.2) is 53.8 Å². The summed E-state index contributed by atoms with van der Waals surface area (Å²) < 4.78 is 8.53. The Balaban J connectivity index is 1.72. The summed E-state index contributed by atoms with van der Waals surface area (Å²) in [7, 11) is 4.15. The molecule has 1 atom stereocenters. The van der Waals surface area contributed by atoms with Gasteiger partial charge in [0.15, 0.2) is 5.71 Å². The van der Waals surface area contributed by atoms with E-state index in [9.17, 15) is 0 Å². The van der Waals surface area contributed by atoms with Crippen molar-refractivity contribution in [2.75, 3.05) is 20.7 Å². The van der Waals surface area contributed by atoms with E-state index in [0.717, 1.165) is 53.1 Å². The Bertz CT molecular complexity index is 1270. The van der Waals surface area contributed by atoms with E-state index in [-0.39, 0.29) is 0 Å². The van der Waals surface area contributed by atoms with Crippen molar-refractivity contribution in [3.05, 3.63) is 83.2 Å². The summed E-state index contributed by atoms with van der Waals surface area (Å²) in [5.41, 5.74) is 8.68. The van der Waals surface area contributed by atoms with Crippen LogP contribution in [0.3, 0.4) is 0 Å². The van der Waals surface area contributed by atoms with E-state index in [1.165, 1.54) is 17.7 Å². The van der Waals surface area contributed by atoms with Gasteiger partial charge in [0.1, 0.15) is 25.6 Å². The molecule has 6 heteroatoms. The van der Waals surface area contributed by atoms with Gasteiger partial charge in [-0.15, -0.1) is 10.2 Å². The lowest BCUT2D eigenvalue weighted by molar-refractivity contribution is -0.462. The Morgan fingerprint density at radius 1 is 1.00 bits per heavy atom. The van der Waals surface area contributed by atoms with Crippen LogP contribution in [0.25, 0.3) is 0 Å². The zero-order valence-electron chi connectivity index (χ0n) is 22.1. The van der Waals surface area contributed by atoms with Crippen molar-refractivity contribution in [3.8, 4) is 0 Å². The molecule has 1 aliphatic heterocycles. The maximum Gasteiger partial charge on any atom is 0.200 e. The minimum Gasteiger partial charge on any atom is -0.491 e. The molecular formula is C30H36N5O+. The average molecular weight is 483 g/mol. The number of nitrogens with zero attached hydrogens (tertiary/aromatic N) is 5. The Morgan fingerprint density at radius 3 is 2.50 bits per heavy atom. The zero-order chi connectivity index (χ0) is 25.7. The molecule has 1 unspecified atom stereocenters. The summed E-state index contributed by atoms with van der Waals surface area (Å²) in [6, 6.07) is 0. The van der Waals surface area contributed by atoms with Gasteiger partial charge in [0.05, 0.1) is 23.7 Å². The van der Waals surface area contributed by atoms with E-state index < -0.39 is 0 Å². The lowest BCUT2D eigenvalue weighted by Crippen LogP contribution is -2.24. The minimum absolute atomic E-state index is 0.384. The molecule has 4 rings (SSSR count). The third-order valence-corrected chi connectivity index (χ3v) is 6.57. The monoisotopic (exact) mass is 482 g/mol. The fourth-order valence-corrected chi connectivity index (χ4v) is 4.39. The van der Waals surface area contributed by atoms with Crippen molar-refractivity contribution in [3.63, 3.8) is 0 Å². The van der Waals surface area contributed by atoms with E-state index in [1.54, 1.807) is 0 Å². The first-order valence-corrected chi connectivity index (χ1v) is 12.7. The highest BCUT2D eigenvalue weighted by Gasteiger charge is 2.26. The van der Waals surface area contributed by atoms with Crippen LogP contribution in [0.1, 0.15) is 46.5 Å². The Kier molecular flexibility index (Phi) is 8.04.